The molecule has 2 aliphatic carbocycles. The second-order valence-corrected chi connectivity index (χ2v) is 10.1. The van der Waals surface area contributed by atoms with Gasteiger partial charge in [-0.25, -0.2) is 18.7 Å². The zero-order chi connectivity index (χ0) is 25.4. The van der Waals surface area contributed by atoms with Crippen LogP contribution >= 0.6 is 11.6 Å². The molecule has 5 rings (SSSR count). The Kier molecular flexibility index (Phi) is 6.94. The van der Waals surface area contributed by atoms with Gasteiger partial charge in [0.15, 0.2) is 5.65 Å². The lowest BCUT2D eigenvalue weighted by molar-refractivity contribution is -0.122. The van der Waals surface area contributed by atoms with Crippen LogP contribution in [0.5, 0.6) is 0 Å². The maximum absolute atomic E-state index is 14.6. The van der Waals surface area contributed by atoms with Crippen LogP contribution in [-0.4, -0.2) is 42.7 Å². The van der Waals surface area contributed by atoms with Crippen molar-refractivity contribution in [3.8, 4) is 0 Å². The minimum atomic E-state index is -0.758. The van der Waals surface area contributed by atoms with E-state index in [0.717, 1.165) is 31.4 Å². The summed E-state index contributed by atoms with van der Waals surface area (Å²) in [5, 5.41) is 15.9. The van der Waals surface area contributed by atoms with Crippen LogP contribution in [0.1, 0.15) is 57.4 Å². The van der Waals surface area contributed by atoms with E-state index in [1.165, 1.54) is 0 Å². The summed E-state index contributed by atoms with van der Waals surface area (Å²) in [5.41, 5.74) is 6.42. The van der Waals surface area contributed by atoms with Gasteiger partial charge < -0.3 is 21.5 Å². The van der Waals surface area contributed by atoms with Crippen LogP contribution in [0.25, 0.3) is 11.2 Å². The van der Waals surface area contributed by atoms with Gasteiger partial charge in [-0.05, 0) is 57.4 Å². The van der Waals surface area contributed by atoms with Gasteiger partial charge in [0.2, 0.25) is 17.8 Å². The van der Waals surface area contributed by atoms with E-state index in [0.29, 0.717) is 49.2 Å². The molecule has 2 fully saturated rings. The van der Waals surface area contributed by atoms with E-state index in [1.54, 1.807) is 6.20 Å². The normalized spacial score (nSPS) is 24.6. The first-order valence-electron chi connectivity index (χ1n) is 12.2. The van der Waals surface area contributed by atoms with Gasteiger partial charge in [0, 0.05) is 24.1 Å². The number of aliphatic hydroxyl groups is 1. The minimum absolute atomic E-state index is 0.0531. The minimum Gasteiger partial charge on any atom is -0.393 e. The number of carbonyl (C=O) groups excluding carboxylic acids is 1. The van der Waals surface area contributed by atoms with Crippen molar-refractivity contribution < 1.29 is 18.7 Å². The van der Waals surface area contributed by atoms with E-state index in [-0.39, 0.29) is 46.7 Å². The molecule has 1 amide bonds. The Morgan fingerprint density at radius 1 is 1.11 bits per heavy atom. The Balaban J connectivity index is 1.51. The molecule has 3 aromatic rings. The first-order valence-corrected chi connectivity index (χ1v) is 12.6. The number of hydrogen-bond acceptors (Lipinski definition) is 7. The molecule has 2 atom stereocenters. The third-order valence-electron chi connectivity index (χ3n) is 7.13. The Bertz CT molecular complexity index is 1280. The van der Waals surface area contributed by atoms with E-state index in [1.807, 2.05) is 4.57 Å². The van der Waals surface area contributed by atoms with Crippen molar-refractivity contribution in [3.05, 3.63) is 35.0 Å². The van der Waals surface area contributed by atoms with Crippen LogP contribution in [-0.2, 0) is 4.79 Å². The van der Waals surface area contributed by atoms with Gasteiger partial charge in [0.1, 0.15) is 17.2 Å². The van der Waals surface area contributed by atoms with Crippen molar-refractivity contribution in [1.82, 2.24) is 19.5 Å². The largest absolute Gasteiger partial charge is 0.393 e. The maximum atomic E-state index is 14.6. The summed E-state index contributed by atoms with van der Waals surface area (Å²) in [5.74, 6) is -1.30. The molecule has 2 aromatic heterocycles. The van der Waals surface area contributed by atoms with Gasteiger partial charge in [-0.2, -0.15) is 4.98 Å². The Labute approximate surface area is 211 Å². The van der Waals surface area contributed by atoms with Gasteiger partial charge in [-0.15, -0.1) is 0 Å². The third-order valence-corrected chi connectivity index (χ3v) is 7.42. The summed E-state index contributed by atoms with van der Waals surface area (Å²) < 4.78 is 30.5. The van der Waals surface area contributed by atoms with Crippen LogP contribution in [0, 0.1) is 17.6 Å². The van der Waals surface area contributed by atoms with E-state index >= 15 is 0 Å². The molecule has 0 spiro atoms. The number of nitrogens with one attached hydrogen (secondary N) is 2. The molecule has 5 N–H and O–H groups in total. The van der Waals surface area contributed by atoms with Gasteiger partial charge in [-0.3, -0.25) is 9.36 Å². The SMILES string of the molecule is NC(=O)[C@H]1CC[C@@H](n2c(Nc3cc(F)c(Cl)cc3F)nc3cnc(NC4CCC[C@H](O)C4)nc32)CC1. The highest BCUT2D eigenvalue weighted by atomic mass is 35.5. The molecule has 0 saturated heterocycles. The van der Waals surface area contributed by atoms with Crippen molar-refractivity contribution in [2.75, 3.05) is 10.6 Å². The molecule has 192 valence electrons. The number of halogens is 3. The topological polar surface area (TPSA) is 131 Å². The van der Waals surface area contributed by atoms with E-state index < -0.39 is 11.6 Å². The third kappa shape index (κ3) is 5.08. The van der Waals surface area contributed by atoms with Gasteiger partial charge in [0.25, 0.3) is 0 Å². The number of hydrogen-bond donors (Lipinski definition) is 4. The molecule has 2 aliphatic rings. The predicted molar refractivity (Wildman–Crippen MR) is 132 cm³/mol. The smallest absolute Gasteiger partial charge is 0.224 e. The number of primary amides is 1. The van der Waals surface area contributed by atoms with Crippen LogP contribution in [0.4, 0.5) is 26.4 Å². The molecule has 0 radical (unpaired) electrons. The van der Waals surface area contributed by atoms with Crippen LogP contribution in [0.15, 0.2) is 18.3 Å². The van der Waals surface area contributed by atoms with Crippen molar-refractivity contribution in [1.29, 1.82) is 0 Å². The monoisotopic (exact) mass is 519 g/mol. The summed E-state index contributed by atoms with van der Waals surface area (Å²) in [4.78, 5) is 25.4. The van der Waals surface area contributed by atoms with Crippen molar-refractivity contribution in [3.63, 3.8) is 0 Å². The van der Waals surface area contributed by atoms with Crippen molar-refractivity contribution in [2.24, 2.45) is 11.7 Å². The molecule has 1 unspecified atom stereocenters. The fraction of sp³-hybridized carbons (Fsp3) is 0.500. The number of nitrogens with two attached hydrogens (primary N) is 1. The number of aromatic nitrogens is 4. The standard InChI is InChI=1S/C24H28ClF2N7O2/c25-16-9-18(27)19(10-17(16)26)31-24-32-20-11-29-23(30-13-2-1-3-15(35)8-13)33-22(20)34(24)14-6-4-12(5-7-14)21(28)36/h9-15,35H,1-8H2,(H2,28,36)(H,31,32)(H,29,30,33)/t12-,13?,14+,15-/m0/s1. The summed E-state index contributed by atoms with van der Waals surface area (Å²) in [7, 11) is 0. The zero-order valence-electron chi connectivity index (χ0n) is 19.6. The van der Waals surface area contributed by atoms with Crippen LogP contribution in [0.2, 0.25) is 5.02 Å². The number of nitrogens with zero attached hydrogens (tertiary/aromatic N) is 4. The second kappa shape index (κ2) is 10.1. The Morgan fingerprint density at radius 2 is 1.89 bits per heavy atom. The van der Waals surface area contributed by atoms with Gasteiger partial charge in [0.05, 0.1) is 23.0 Å². The fourth-order valence-corrected chi connectivity index (χ4v) is 5.38. The van der Waals surface area contributed by atoms with Gasteiger partial charge >= 0.3 is 0 Å². The van der Waals surface area contributed by atoms with E-state index in [2.05, 4.69) is 20.6 Å². The molecule has 2 saturated carbocycles. The number of anilines is 3. The molecule has 1 aromatic carbocycles. The molecule has 0 aliphatic heterocycles. The van der Waals surface area contributed by atoms with Crippen molar-refractivity contribution >= 4 is 46.3 Å². The molecule has 12 heteroatoms. The Morgan fingerprint density at radius 3 is 2.61 bits per heavy atom. The predicted octanol–water partition coefficient (Wildman–Crippen LogP) is 4.43. The molecular formula is C24H28ClF2N7O2. The molecule has 0 bridgehead atoms. The number of aliphatic hydroxyl groups excluding tert-OH is 1. The number of rotatable bonds is 6. The van der Waals surface area contributed by atoms with E-state index in [4.69, 9.17) is 22.3 Å². The Hall–Kier alpha value is -3.05. The average molecular weight is 520 g/mol. The van der Waals surface area contributed by atoms with E-state index in [9.17, 15) is 18.7 Å². The maximum Gasteiger partial charge on any atom is 0.224 e. The summed E-state index contributed by atoms with van der Waals surface area (Å²) >= 11 is 5.71. The van der Waals surface area contributed by atoms with Crippen molar-refractivity contribution in [2.45, 2.75) is 69.6 Å². The fourth-order valence-electron chi connectivity index (χ4n) is 5.23. The summed E-state index contributed by atoms with van der Waals surface area (Å²) in [6, 6.07) is 1.85. The van der Waals surface area contributed by atoms with Gasteiger partial charge in [-0.1, -0.05) is 11.6 Å². The zero-order valence-corrected chi connectivity index (χ0v) is 20.3. The van der Waals surface area contributed by atoms with Crippen LogP contribution in [0.3, 0.4) is 0 Å². The van der Waals surface area contributed by atoms with Crippen LogP contribution < -0.4 is 16.4 Å². The second-order valence-electron chi connectivity index (χ2n) is 9.65. The summed E-state index contributed by atoms with van der Waals surface area (Å²) in [6.07, 6.45) is 6.97. The average Bonchev–Trinajstić information content (AvgIpc) is 3.19. The first-order chi connectivity index (χ1) is 17.3. The molecule has 9 nitrogen and oxygen atoms in total. The highest BCUT2D eigenvalue weighted by Crippen LogP contribution is 2.37. The molecule has 2 heterocycles. The molecular weight excluding hydrogens is 492 g/mol. The highest BCUT2D eigenvalue weighted by Gasteiger charge is 2.30. The lowest BCUT2D eigenvalue weighted by Crippen LogP contribution is -2.30. The number of imidazole rings is 1. The first kappa shape index (κ1) is 24.6. The highest BCUT2D eigenvalue weighted by molar-refractivity contribution is 6.30. The number of fused-ring (bicyclic) bond motifs is 1. The quantitative estimate of drug-likeness (QED) is 0.354. The lowest BCUT2D eigenvalue weighted by atomic mass is 9.85. The number of benzene rings is 1. The number of amides is 1. The number of carbonyl (C=O) groups is 1. The molecule has 36 heavy (non-hydrogen) atoms. The summed E-state index contributed by atoms with van der Waals surface area (Å²) in [6.45, 7) is 0. The lowest BCUT2D eigenvalue weighted by Gasteiger charge is -2.29.